The molecule has 0 aliphatic rings. The molecule has 1 aromatic heterocycles. The number of carbonyl (C=O) groups excluding carboxylic acids is 2. The number of fused-ring (bicyclic) bond motifs is 1. The van der Waals surface area contributed by atoms with Crippen LogP contribution in [-0.4, -0.2) is 23.5 Å². The van der Waals surface area contributed by atoms with E-state index in [1.165, 1.54) is 30.6 Å². The molecule has 9 heteroatoms. The van der Waals surface area contributed by atoms with Gasteiger partial charge in [0, 0.05) is 15.6 Å². The largest absolute Gasteiger partial charge is 0.494 e. The lowest BCUT2D eigenvalue weighted by Crippen LogP contribution is -2.48. The van der Waals surface area contributed by atoms with E-state index in [0.717, 1.165) is 28.7 Å². The minimum atomic E-state index is -0.436. The van der Waals surface area contributed by atoms with Crippen LogP contribution in [-0.2, 0) is 0 Å². The molecule has 0 aliphatic heterocycles. The summed E-state index contributed by atoms with van der Waals surface area (Å²) in [7, 11) is 0. The molecule has 2 aromatic carbocycles. The fraction of sp³-hybridized carbons (Fsp3) is 0.292. The predicted octanol–water partition coefficient (Wildman–Crippen LogP) is 5.85. The van der Waals surface area contributed by atoms with E-state index in [9.17, 15) is 9.59 Å². The fourth-order valence-electron chi connectivity index (χ4n) is 3.14. The number of halogens is 1. The number of ether oxygens (including phenoxy) is 1. The Kier molecular flexibility index (Phi) is 9.47. The van der Waals surface area contributed by atoms with Gasteiger partial charge in [-0.15, -0.1) is 11.3 Å². The van der Waals surface area contributed by atoms with E-state index in [4.69, 9.17) is 28.6 Å². The van der Waals surface area contributed by atoms with Gasteiger partial charge in [-0.05, 0) is 49.0 Å². The smallest absolute Gasteiger partial charge is 0.281 e. The summed E-state index contributed by atoms with van der Waals surface area (Å²) in [4.78, 5) is 25.2. The highest BCUT2D eigenvalue weighted by atomic mass is 35.5. The van der Waals surface area contributed by atoms with E-state index in [0.29, 0.717) is 22.1 Å². The van der Waals surface area contributed by atoms with Crippen LogP contribution in [0, 0.1) is 0 Å². The highest BCUT2D eigenvalue weighted by molar-refractivity contribution is 7.80. The number of thiophene rings is 1. The zero-order valence-corrected chi connectivity index (χ0v) is 20.7. The summed E-state index contributed by atoms with van der Waals surface area (Å²) in [5, 5.41) is 3.70. The van der Waals surface area contributed by atoms with Gasteiger partial charge in [0.25, 0.3) is 11.8 Å². The third-order valence-electron chi connectivity index (χ3n) is 4.89. The van der Waals surface area contributed by atoms with Crippen LogP contribution in [0.2, 0.25) is 5.02 Å². The Balaban J connectivity index is 1.43. The van der Waals surface area contributed by atoms with E-state index in [1.54, 1.807) is 24.3 Å². The number of carbonyl (C=O) groups is 2. The summed E-state index contributed by atoms with van der Waals surface area (Å²) < 4.78 is 6.62. The summed E-state index contributed by atoms with van der Waals surface area (Å²) in [6.07, 6.45) is 5.87. The number of thiocarbonyl (C=S) groups is 1. The van der Waals surface area contributed by atoms with Crippen LogP contribution in [0.5, 0.6) is 5.75 Å². The first-order valence-corrected chi connectivity index (χ1v) is 12.4. The van der Waals surface area contributed by atoms with Gasteiger partial charge in [-0.2, -0.15) is 0 Å². The lowest BCUT2D eigenvalue weighted by molar-refractivity contribution is 0.0938. The van der Waals surface area contributed by atoms with Crippen molar-refractivity contribution in [1.82, 2.24) is 16.2 Å². The number of hydrogen-bond donors (Lipinski definition) is 3. The van der Waals surface area contributed by atoms with Crippen molar-refractivity contribution < 1.29 is 14.3 Å². The van der Waals surface area contributed by atoms with Crippen molar-refractivity contribution in [3.63, 3.8) is 0 Å². The van der Waals surface area contributed by atoms with Crippen molar-refractivity contribution in [3.05, 3.63) is 64.0 Å². The number of nitrogens with one attached hydrogen (secondary N) is 3. The van der Waals surface area contributed by atoms with Gasteiger partial charge in [0.2, 0.25) is 0 Å². The zero-order valence-electron chi connectivity index (χ0n) is 18.3. The Morgan fingerprint density at radius 1 is 0.970 bits per heavy atom. The number of hydrogen-bond acceptors (Lipinski definition) is 5. The molecule has 6 nitrogen and oxygen atoms in total. The SMILES string of the molecule is CCCCCCCOc1ccc(C(=O)NC(=S)NNC(=O)c2sc3ccccc3c2Cl)cc1. The lowest BCUT2D eigenvalue weighted by atomic mass is 10.2. The Morgan fingerprint density at radius 2 is 1.70 bits per heavy atom. The van der Waals surface area contributed by atoms with Crippen LogP contribution in [0.15, 0.2) is 48.5 Å². The quantitative estimate of drug-likeness (QED) is 0.194. The Labute approximate surface area is 207 Å². The maximum absolute atomic E-state index is 12.5. The standard InChI is InChI=1S/C24H26ClN3O3S2/c1-2-3-4-5-8-15-31-17-13-11-16(12-14-17)22(29)26-24(32)28-27-23(30)21-20(25)18-9-6-7-10-19(18)33-21/h6-7,9-14H,2-5,8,15H2,1H3,(H,27,30)(H2,26,28,29,32). The second-order valence-electron chi connectivity index (χ2n) is 7.39. The van der Waals surface area contributed by atoms with Crippen LogP contribution in [0.4, 0.5) is 0 Å². The molecule has 33 heavy (non-hydrogen) atoms. The van der Waals surface area contributed by atoms with E-state index in [2.05, 4.69) is 23.1 Å². The molecule has 0 atom stereocenters. The predicted molar refractivity (Wildman–Crippen MR) is 138 cm³/mol. The van der Waals surface area contributed by atoms with Crippen molar-refractivity contribution in [2.75, 3.05) is 6.61 Å². The van der Waals surface area contributed by atoms with Gasteiger partial charge >= 0.3 is 0 Å². The maximum atomic E-state index is 12.5. The topological polar surface area (TPSA) is 79.5 Å². The Morgan fingerprint density at radius 3 is 2.42 bits per heavy atom. The zero-order chi connectivity index (χ0) is 23.6. The highest BCUT2D eigenvalue weighted by Gasteiger charge is 2.17. The molecule has 0 saturated heterocycles. The van der Waals surface area contributed by atoms with Gasteiger partial charge in [0.15, 0.2) is 5.11 Å². The summed E-state index contributed by atoms with van der Waals surface area (Å²) in [5.74, 6) is -0.114. The summed E-state index contributed by atoms with van der Waals surface area (Å²) >= 11 is 12.7. The van der Waals surface area contributed by atoms with Crippen LogP contribution in [0.3, 0.4) is 0 Å². The molecular weight excluding hydrogens is 478 g/mol. The van der Waals surface area contributed by atoms with Crippen molar-refractivity contribution >= 4 is 62.2 Å². The second-order valence-corrected chi connectivity index (χ2v) is 9.23. The van der Waals surface area contributed by atoms with Crippen molar-refractivity contribution in [1.29, 1.82) is 0 Å². The molecule has 0 spiro atoms. The number of unbranched alkanes of at least 4 members (excludes halogenated alkanes) is 4. The second kappa shape index (κ2) is 12.5. The number of hydrazine groups is 1. The molecule has 1 heterocycles. The molecule has 3 N–H and O–H groups in total. The van der Waals surface area contributed by atoms with Crippen molar-refractivity contribution in [2.45, 2.75) is 39.0 Å². The Bertz CT molecular complexity index is 1120. The van der Waals surface area contributed by atoms with Crippen LogP contribution < -0.4 is 20.9 Å². The van der Waals surface area contributed by atoms with Crippen molar-refractivity contribution in [2.24, 2.45) is 0 Å². The fourth-order valence-corrected chi connectivity index (χ4v) is 4.69. The molecule has 3 rings (SSSR count). The Hall–Kier alpha value is -2.68. The molecule has 0 unspecified atom stereocenters. The third kappa shape index (κ3) is 7.15. The number of amides is 2. The first-order valence-electron chi connectivity index (χ1n) is 10.8. The van der Waals surface area contributed by atoms with Gasteiger partial charge in [0.1, 0.15) is 10.6 Å². The first-order chi connectivity index (χ1) is 16.0. The van der Waals surface area contributed by atoms with Crippen LogP contribution in [0.25, 0.3) is 10.1 Å². The summed E-state index contributed by atoms with van der Waals surface area (Å²) in [5.41, 5.74) is 5.43. The third-order valence-corrected chi connectivity index (χ3v) is 6.77. The molecular formula is C24H26ClN3O3S2. The average molecular weight is 504 g/mol. The summed E-state index contributed by atoms with van der Waals surface area (Å²) in [6.45, 7) is 2.85. The van der Waals surface area contributed by atoms with Crippen LogP contribution >= 0.6 is 35.2 Å². The molecule has 0 fully saturated rings. The van der Waals surface area contributed by atoms with Gasteiger partial charge in [-0.1, -0.05) is 62.4 Å². The van der Waals surface area contributed by atoms with E-state index < -0.39 is 11.8 Å². The van der Waals surface area contributed by atoms with Gasteiger partial charge in [0.05, 0.1) is 11.6 Å². The number of benzene rings is 2. The minimum absolute atomic E-state index is 0.0296. The average Bonchev–Trinajstić information content (AvgIpc) is 3.17. The number of rotatable bonds is 9. The van der Waals surface area contributed by atoms with E-state index in [-0.39, 0.29) is 5.11 Å². The summed E-state index contributed by atoms with van der Waals surface area (Å²) in [6, 6.07) is 14.3. The monoisotopic (exact) mass is 503 g/mol. The van der Waals surface area contributed by atoms with Gasteiger partial charge < -0.3 is 4.74 Å². The van der Waals surface area contributed by atoms with Gasteiger partial charge in [-0.25, -0.2) is 0 Å². The van der Waals surface area contributed by atoms with Crippen molar-refractivity contribution in [3.8, 4) is 5.75 Å². The van der Waals surface area contributed by atoms with E-state index >= 15 is 0 Å². The molecule has 0 aliphatic carbocycles. The highest BCUT2D eigenvalue weighted by Crippen LogP contribution is 2.34. The minimum Gasteiger partial charge on any atom is -0.494 e. The molecule has 174 valence electrons. The van der Waals surface area contributed by atoms with E-state index in [1.807, 2.05) is 24.3 Å². The van der Waals surface area contributed by atoms with Gasteiger partial charge in [-0.3, -0.25) is 25.8 Å². The first kappa shape index (κ1) is 25.0. The van der Waals surface area contributed by atoms with Crippen LogP contribution in [0.1, 0.15) is 59.1 Å². The molecule has 2 amide bonds. The maximum Gasteiger partial charge on any atom is 0.281 e. The molecule has 3 aromatic rings. The molecule has 0 saturated carbocycles. The lowest BCUT2D eigenvalue weighted by Gasteiger charge is -2.11. The molecule has 0 radical (unpaired) electrons. The molecule has 0 bridgehead atoms. The normalized spacial score (nSPS) is 10.6.